The first-order chi connectivity index (χ1) is 17.8. The zero-order valence-corrected chi connectivity index (χ0v) is 22.9. The van der Waals surface area contributed by atoms with Gasteiger partial charge >= 0.3 is 0 Å². The van der Waals surface area contributed by atoms with Crippen LogP contribution in [0.3, 0.4) is 0 Å². The number of carbonyl (C=O) groups is 2. The van der Waals surface area contributed by atoms with Crippen molar-refractivity contribution in [1.82, 2.24) is 4.90 Å². The third-order valence-corrected chi connectivity index (χ3v) is 7.40. The maximum atomic E-state index is 13.7. The fraction of sp³-hybridized carbons (Fsp3) is 0.267. The SMILES string of the molecule is C[C@@H](/C=C/CC(=O)N(CCO)Cc1ccccc1)[C@]1(O)C(=O)N(Cc2ccccc2)c2ccc(I)cc21. The van der Waals surface area contributed by atoms with Gasteiger partial charge in [-0.05, 0) is 51.9 Å². The van der Waals surface area contributed by atoms with Crippen molar-refractivity contribution in [1.29, 1.82) is 0 Å². The molecule has 2 N–H and O–H groups in total. The standard InChI is InChI=1S/C30H31IN2O4/c1-22(9-8-14-28(35)32(17-18-34)20-23-10-4-2-5-11-23)30(37)26-19-25(31)15-16-27(26)33(29(30)36)21-24-12-6-3-7-13-24/h2-13,15-16,19,22,34,37H,14,17-18,20-21H2,1H3/b9-8+/t22-,30+/m0/s1. The molecule has 7 heteroatoms. The van der Waals surface area contributed by atoms with Gasteiger partial charge in [0.15, 0.2) is 5.60 Å². The molecule has 0 aliphatic carbocycles. The summed E-state index contributed by atoms with van der Waals surface area (Å²) < 4.78 is 0.927. The van der Waals surface area contributed by atoms with Crippen molar-refractivity contribution in [3.05, 3.63) is 111 Å². The van der Waals surface area contributed by atoms with Crippen molar-refractivity contribution in [2.75, 3.05) is 18.1 Å². The molecule has 0 fully saturated rings. The van der Waals surface area contributed by atoms with E-state index in [4.69, 9.17) is 0 Å². The van der Waals surface area contributed by atoms with Crippen LogP contribution in [0.5, 0.6) is 0 Å². The van der Waals surface area contributed by atoms with E-state index in [2.05, 4.69) is 22.6 Å². The minimum absolute atomic E-state index is 0.106. The van der Waals surface area contributed by atoms with Gasteiger partial charge in [-0.15, -0.1) is 0 Å². The molecule has 0 saturated carbocycles. The number of nitrogens with zero attached hydrogens (tertiary/aromatic N) is 2. The van der Waals surface area contributed by atoms with Crippen LogP contribution in [0, 0.1) is 9.49 Å². The molecule has 0 aromatic heterocycles. The van der Waals surface area contributed by atoms with E-state index in [9.17, 15) is 19.8 Å². The van der Waals surface area contributed by atoms with Crippen molar-refractivity contribution < 1.29 is 19.8 Å². The Kier molecular flexibility index (Phi) is 8.79. The lowest BCUT2D eigenvalue weighted by Gasteiger charge is -2.28. The molecule has 0 saturated heterocycles. The van der Waals surface area contributed by atoms with Gasteiger partial charge in [-0.3, -0.25) is 9.59 Å². The molecule has 192 valence electrons. The van der Waals surface area contributed by atoms with E-state index in [0.29, 0.717) is 24.3 Å². The molecule has 0 radical (unpaired) electrons. The fourth-order valence-corrected chi connectivity index (χ4v) is 5.19. The van der Waals surface area contributed by atoms with Gasteiger partial charge in [0.2, 0.25) is 5.91 Å². The number of anilines is 1. The Morgan fingerprint density at radius 2 is 1.70 bits per heavy atom. The minimum atomic E-state index is -1.74. The number of hydrogen-bond donors (Lipinski definition) is 2. The molecule has 3 aromatic rings. The highest BCUT2D eigenvalue weighted by Gasteiger charge is 2.52. The number of benzene rings is 3. The van der Waals surface area contributed by atoms with E-state index in [0.717, 1.165) is 14.7 Å². The van der Waals surface area contributed by atoms with Crippen molar-refractivity contribution >= 4 is 40.1 Å². The van der Waals surface area contributed by atoms with Crippen LogP contribution in [0.25, 0.3) is 0 Å². The van der Waals surface area contributed by atoms with E-state index >= 15 is 0 Å². The number of aliphatic hydroxyl groups is 2. The lowest BCUT2D eigenvalue weighted by Crippen LogP contribution is -2.44. The van der Waals surface area contributed by atoms with Gasteiger partial charge in [0.1, 0.15) is 0 Å². The number of rotatable bonds is 10. The predicted octanol–water partition coefficient (Wildman–Crippen LogP) is 4.63. The molecule has 0 unspecified atom stereocenters. The summed E-state index contributed by atoms with van der Waals surface area (Å²) in [5, 5.41) is 21.3. The summed E-state index contributed by atoms with van der Waals surface area (Å²) in [6, 6.07) is 25.0. The van der Waals surface area contributed by atoms with Crippen LogP contribution in [0.1, 0.15) is 30.0 Å². The summed E-state index contributed by atoms with van der Waals surface area (Å²) in [5.74, 6) is -1.07. The average molecular weight is 610 g/mol. The molecular weight excluding hydrogens is 579 g/mol. The molecule has 1 aliphatic rings. The van der Waals surface area contributed by atoms with E-state index in [-0.39, 0.29) is 31.4 Å². The summed E-state index contributed by atoms with van der Waals surface area (Å²) in [6.45, 7) is 2.68. The smallest absolute Gasteiger partial charge is 0.264 e. The van der Waals surface area contributed by atoms with Crippen LogP contribution >= 0.6 is 22.6 Å². The van der Waals surface area contributed by atoms with Gasteiger partial charge in [-0.1, -0.05) is 79.7 Å². The van der Waals surface area contributed by atoms with Gasteiger partial charge < -0.3 is 20.0 Å². The van der Waals surface area contributed by atoms with Crippen LogP contribution in [-0.4, -0.2) is 40.1 Å². The molecule has 1 aliphatic heterocycles. The molecule has 4 rings (SSSR count). The molecule has 0 bridgehead atoms. The van der Waals surface area contributed by atoms with E-state index < -0.39 is 11.5 Å². The molecular formula is C30H31IN2O4. The van der Waals surface area contributed by atoms with Gasteiger partial charge in [-0.25, -0.2) is 0 Å². The third kappa shape index (κ3) is 5.95. The van der Waals surface area contributed by atoms with Gasteiger partial charge in [0.25, 0.3) is 5.91 Å². The quantitative estimate of drug-likeness (QED) is 0.259. The second kappa shape index (κ2) is 12.0. The van der Waals surface area contributed by atoms with Crippen molar-refractivity contribution in [2.45, 2.75) is 32.0 Å². The number of hydrogen-bond acceptors (Lipinski definition) is 4. The second-order valence-electron chi connectivity index (χ2n) is 9.25. The second-order valence-corrected chi connectivity index (χ2v) is 10.5. The Morgan fingerprint density at radius 3 is 2.35 bits per heavy atom. The van der Waals surface area contributed by atoms with Gasteiger partial charge in [-0.2, -0.15) is 0 Å². The first kappa shape index (κ1) is 27.0. The lowest BCUT2D eigenvalue weighted by molar-refractivity contribution is -0.139. The topological polar surface area (TPSA) is 81.1 Å². The molecule has 2 amide bonds. The highest BCUT2D eigenvalue weighted by atomic mass is 127. The van der Waals surface area contributed by atoms with E-state index in [1.165, 1.54) is 0 Å². The zero-order chi connectivity index (χ0) is 26.4. The van der Waals surface area contributed by atoms with E-state index in [1.807, 2.05) is 78.9 Å². The number of halogens is 1. The third-order valence-electron chi connectivity index (χ3n) is 6.73. The molecule has 37 heavy (non-hydrogen) atoms. The number of amides is 2. The summed E-state index contributed by atoms with van der Waals surface area (Å²) in [6.07, 6.45) is 3.56. The predicted molar refractivity (Wildman–Crippen MR) is 153 cm³/mol. The summed E-state index contributed by atoms with van der Waals surface area (Å²) in [4.78, 5) is 29.8. The molecule has 1 heterocycles. The first-order valence-electron chi connectivity index (χ1n) is 12.3. The summed E-state index contributed by atoms with van der Waals surface area (Å²) in [5.41, 5.74) is 1.50. The average Bonchev–Trinajstić information content (AvgIpc) is 3.11. The maximum Gasteiger partial charge on any atom is 0.264 e. The Balaban J connectivity index is 1.51. The first-order valence-corrected chi connectivity index (χ1v) is 13.4. The normalized spacial score (nSPS) is 17.7. The molecule has 6 nitrogen and oxygen atoms in total. The largest absolute Gasteiger partial charge is 0.395 e. The minimum Gasteiger partial charge on any atom is -0.395 e. The Hall–Kier alpha value is -3.01. The number of fused-ring (bicyclic) bond motifs is 1. The van der Waals surface area contributed by atoms with Crippen LogP contribution < -0.4 is 4.90 Å². The molecule has 3 aromatic carbocycles. The molecule has 2 atom stereocenters. The summed E-state index contributed by atoms with van der Waals surface area (Å²) >= 11 is 2.18. The van der Waals surface area contributed by atoms with Crippen LogP contribution in [-0.2, 0) is 28.3 Å². The Morgan fingerprint density at radius 1 is 1.05 bits per heavy atom. The van der Waals surface area contributed by atoms with Crippen LogP contribution in [0.15, 0.2) is 91.0 Å². The van der Waals surface area contributed by atoms with Crippen molar-refractivity contribution in [3.63, 3.8) is 0 Å². The zero-order valence-electron chi connectivity index (χ0n) is 20.8. The van der Waals surface area contributed by atoms with Crippen LogP contribution in [0.4, 0.5) is 5.69 Å². The highest BCUT2D eigenvalue weighted by Crippen LogP contribution is 2.46. The van der Waals surface area contributed by atoms with Gasteiger partial charge in [0, 0.05) is 34.6 Å². The molecule has 0 spiro atoms. The van der Waals surface area contributed by atoms with Gasteiger partial charge in [0.05, 0.1) is 18.8 Å². The lowest BCUT2D eigenvalue weighted by atomic mass is 9.83. The van der Waals surface area contributed by atoms with Crippen molar-refractivity contribution in [2.24, 2.45) is 5.92 Å². The monoisotopic (exact) mass is 610 g/mol. The Bertz CT molecular complexity index is 1270. The van der Waals surface area contributed by atoms with E-state index in [1.54, 1.807) is 28.9 Å². The fourth-order valence-electron chi connectivity index (χ4n) is 4.70. The number of carbonyl (C=O) groups excluding carboxylic acids is 2. The highest BCUT2D eigenvalue weighted by molar-refractivity contribution is 14.1. The van der Waals surface area contributed by atoms with Crippen LogP contribution in [0.2, 0.25) is 0 Å². The van der Waals surface area contributed by atoms with Crippen molar-refractivity contribution in [3.8, 4) is 0 Å². The summed E-state index contributed by atoms with van der Waals surface area (Å²) in [7, 11) is 0. The Labute approximate surface area is 231 Å². The number of aliphatic hydroxyl groups excluding tert-OH is 1. The maximum absolute atomic E-state index is 13.7.